The highest BCUT2D eigenvalue weighted by Crippen LogP contribution is 2.18. The van der Waals surface area contributed by atoms with Crippen molar-refractivity contribution < 1.29 is 0 Å². The lowest BCUT2D eigenvalue weighted by Crippen LogP contribution is -1.85. The molecule has 0 aliphatic carbocycles. The maximum atomic E-state index is 5.30. The van der Waals surface area contributed by atoms with Crippen LogP contribution < -0.4 is 5.73 Å². The molecule has 0 atom stereocenters. The highest BCUT2D eigenvalue weighted by Gasteiger charge is 2.05. The van der Waals surface area contributed by atoms with E-state index in [-0.39, 0.29) is 5.95 Å². The van der Waals surface area contributed by atoms with Gasteiger partial charge in [0.25, 0.3) is 0 Å². The van der Waals surface area contributed by atoms with Crippen LogP contribution in [0, 0.1) is 0 Å². The normalized spacial score (nSPS) is 10.3. The summed E-state index contributed by atoms with van der Waals surface area (Å²) in [6.07, 6.45) is 0. The number of nitrogens with one attached hydrogen (secondary N) is 2. The Labute approximate surface area is 70.3 Å². The van der Waals surface area contributed by atoms with Crippen LogP contribution in [0.25, 0.3) is 0 Å². The van der Waals surface area contributed by atoms with Crippen LogP contribution in [0.5, 0.6) is 0 Å². The number of nitrogens with two attached hydrogens (primary N) is 1. The van der Waals surface area contributed by atoms with Crippen LogP contribution in [0.3, 0.4) is 0 Å². The van der Waals surface area contributed by atoms with Gasteiger partial charge in [-0.05, 0) is 17.0 Å². The monoisotopic (exact) mass is 184 g/mol. The van der Waals surface area contributed by atoms with E-state index in [0.29, 0.717) is 10.3 Å². The van der Waals surface area contributed by atoms with Crippen molar-refractivity contribution in [3.05, 3.63) is 0 Å². The van der Waals surface area contributed by atoms with Crippen LogP contribution in [-0.2, 0) is 0 Å². The average Bonchev–Trinajstić information content (AvgIpc) is 2.63. The predicted octanol–water partition coefficient (Wildman–Crippen LogP) is -0.949. The van der Waals surface area contributed by atoms with Crippen molar-refractivity contribution in [2.45, 2.75) is 10.3 Å². The molecule has 0 amide bonds. The van der Waals surface area contributed by atoms with Gasteiger partial charge in [-0.2, -0.15) is 10.2 Å². The highest BCUT2D eigenvalue weighted by atomic mass is 32.2. The minimum atomic E-state index is 0.265. The first-order chi connectivity index (χ1) is 5.84. The number of aromatic amines is 2. The Kier molecular flexibility index (Phi) is 1.63. The third-order valence-electron chi connectivity index (χ3n) is 0.991. The fraction of sp³-hybridized carbons (Fsp3) is 0. The average molecular weight is 184 g/mol. The molecule has 2 aromatic heterocycles. The van der Waals surface area contributed by atoms with E-state index in [2.05, 4.69) is 35.8 Å². The summed E-state index contributed by atoms with van der Waals surface area (Å²) in [7, 11) is 0. The Balaban J connectivity index is 2.14. The summed E-state index contributed by atoms with van der Waals surface area (Å²) in [6.45, 7) is 0. The zero-order chi connectivity index (χ0) is 8.39. The summed E-state index contributed by atoms with van der Waals surface area (Å²) in [6, 6.07) is 0. The van der Waals surface area contributed by atoms with E-state index in [4.69, 9.17) is 5.73 Å². The number of hydrogen-bond donors (Lipinski definition) is 3. The highest BCUT2D eigenvalue weighted by molar-refractivity contribution is 7.99. The number of nitrogen functional groups attached to an aromatic ring is 1. The van der Waals surface area contributed by atoms with Crippen molar-refractivity contribution >= 4 is 17.7 Å². The molecule has 0 unspecified atom stereocenters. The van der Waals surface area contributed by atoms with Crippen molar-refractivity contribution in [3.8, 4) is 0 Å². The molecular weight excluding hydrogens is 180 g/mol. The SMILES string of the molecule is Nc1nc(Sc2nn[nH]n2)n[nH]1. The second-order valence-corrected chi connectivity index (χ2v) is 2.73. The molecule has 0 aliphatic heterocycles. The fourth-order valence-electron chi connectivity index (χ4n) is 0.581. The molecule has 12 heavy (non-hydrogen) atoms. The fourth-order valence-corrected chi connectivity index (χ4v) is 1.15. The molecule has 0 spiro atoms. The lowest BCUT2D eigenvalue weighted by molar-refractivity contribution is 0.881. The molecule has 0 bridgehead atoms. The number of H-pyrrole nitrogens is 2. The van der Waals surface area contributed by atoms with Gasteiger partial charge >= 0.3 is 0 Å². The van der Waals surface area contributed by atoms with Crippen LogP contribution in [0.4, 0.5) is 5.95 Å². The first-order valence-corrected chi connectivity index (χ1v) is 3.75. The molecule has 8 nitrogen and oxygen atoms in total. The maximum absolute atomic E-state index is 5.30. The summed E-state index contributed by atoms with van der Waals surface area (Å²) >= 11 is 1.17. The number of nitrogens with zero attached hydrogens (tertiary/aromatic N) is 5. The first-order valence-electron chi connectivity index (χ1n) is 2.94. The molecule has 62 valence electrons. The molecule has 9 heteroatoms. The zero-order valence-corrected chi connectivity index (χ0v) is 6.54. The van der Waals surface area contributed by atoms with Gasteiger partial charge in [-0.25, -0.2) is 5.10 Å². The third kappa shape index (κ3) is 1.34. The number of hydrogen-bond acceptors (Lipinski definition) is 7. The number of tetrazole rings is 1. The molecule has 0 fully saturated rings. The molecule has 4 N–H and O–H groups in total. The minimum absolute atomic E-state index is 0.265. The Morgan fingerprint density at radius 3 is 2.75 bits per heavy atom. The van der Waals surface area contributed by atoms with E-state index in [1.165, 1.54) is 11.8 Å². The van der Waals surface area contributed by atoms with Gasteiger partial charge < -0.3 is 5.73 Å². The van der Waals surface area contributed by atoms with Crippen LogP contribution in [0.2, 0.25) is 0 Å². The van der Waals surface area contributed by atoms with Gasteiger partial charge in [0.05, 0.1) is 0 Å². The molecule has 0 radical (unpaired) electrons. The second kappa shape index (κ2) is 2.77. The van der Waals surface area contributed by atoms with Gasteiger partial charge in [-0.15, -0.1) is 15.3 Å². The molecule has 0 saturated carbocycles. The second-order valence-electron chi connectivity index (χ2n) is 1.80. The van der Waals surface area contributed by atoms with Crippen LogP contribution >= 0.6 is 11.8 Å². The Morgan fingerprint density at radius 1 is 1.25 bits per heavy atom. The number of rotatable bonds is 2. The lowest BCUT2D eigenvalue weighted by atomic mass is 11.1. The van der Waals surface area contributed by atoms with Crippen molar-refractivity contribution in [1.82, 2.24) is 35.8 Å². The lowest BCUT2D eigenvalue weighted by Gasteiger charge is -1.82. The first kappa shape index (κ1) is 7.03. The quantitative estimate of drug-likeness (QED) is 0.550. The molecule has 0 saturated heterocycles. The van der Waals surface area contributed by atoms with Crippen molar-refractivity contribution in [1.29, 1.82) is 0 Å². The smallest absolute Gasteiger partial charge is 0.238 e. The predicted molar refractivity (Wildman–Crippen MR) is 39.1 cm³/mol. The van der Waals surface area contributed by atoms with Gasteiger partial charge in [0.1, 0.15) is 0 Å². The summed E-state index contributed by atoms with van der Waals surface area (Å²) in [5.41, 5.74) is 5.30. The summed E-state index contributed by atoms with van der Waals surface area (Å²) in [5.74, 6) is 0.265. The Bertz CT molecular complexity index is 350. The van der Waals surface area contributed by atoms with Crippen molar-refractivity contribution in [2.24, 2.45) is 0 Å². The third-order valence-corrected chi connectivity index (χ3v) is 1.71. The van der Waals surface area contributed by atoms with Gasteiger partial charge in [-0.1, -0.05) is 0 Å². The van der Waals surface area contributed by atoms with Gasteiger partial charge in [-0.3, -0.25) is 0 Å². The molecule has 2 aromatic rings. The van der Waals surface area contributed by atoms with E-state index < -0.39 is 0 Å². The minimum Gasteiger partial charge on any atom is -0.368 e. The van der Waals surface area contributed by atoms with Crippen LogP contribution in [0.15, 0.2) is 10.3 Å². The summed E-state index contributed by atoms with van der Waals surface area (Å²) in [4.78, 5) is 3.84. The van der Waals surface area contributed by atoms with Crippen molar-refractivity contribution in [3.63, 3.8) is 0 Å². The van der Waals surface area contributed by atoms with Crippen LogP contribution in [0.1, 0.15) is 0 Å². The number of aromatic nitrogens is 7. The van der Waals surface area contributed by atoms with Gasteiger partial charge in [0, 0.05) is 0 Å². The Morgan fingerprint density at radius 2 is 2.17 bits per heavy atom. The Hall–Kier alpha value is -1.64. The van der Waals surface area contributed by atoms with Crippen LogP contribution in [-0.4, -0.2) is 35.8 Å². The zero-order valence-electron chi connectivity index (χ0n) is 5.72. The van der Waals surface area contributed by atoms with Gasteiger partial charge in [0.15, 0.2) is 0 Å². The van der Waals surface area contributed by atoms with E-state index in [1.807, 2.05) is 0 Å². The van der Waals surface area contributed by atoms with E-state index in [9.17, 15) is 0 Å². The molecular formula is C3H4N8S. The topological polar surface area (TPSA) is 122 Å². The van der Waals surface area contributed by atoms with E-state index in [0.717, 1.165) is 0 Å². The van der Waals surface area contributed by atoms with Gasteiger partial charge in [0.2, 0.25) is 16.3 Å². The maximum Gasteiger partial charge on any atom is 0.238 e. The number of anilines is 1. The van der Waals surface area contributed by atoms with Crippen molar-refractivity contribution in [2.75, 3.05) is 5.73 Å². The summed E-state index contributed by atoms with van der Waals surface area (Å²) in [5, 5.41) is 20.3. The molecule has 0 aromatic carbocycles. The largest absolute Gasteiger partial charge is 0.368 e. The molecule has 2 heterocycles. The summed E-state index contributed by atoms with van der Waals surface area (Å²) < 4.78 is 0. The standard InChI is InChI=1S/C3H4N8S/c4-1-5-2(7-6-1)12-3-8-10-11-9-3/h(H3,4,5,6,7)(H,8,9,10,11). The van der Waals surface area contributed by atoms with E-state index in [1.54, 1.807) is 0 Å². The molecule has 2 rings (SSSR count). The molecule has 0 aliphatic rings. The van der Waals surface area contributed by atoms with E-state index >= 15 is 0 Å².